The molecule has 9 heteroatoms. The maximum absolute atomic E-state index is 11.6. The predicted molar refractivity (Wildman–Crippen MR) is 68.6 cm³/mol. The number of carbonyl (C=O) groups excluding carboxylic acids is 5. The second-order valence-electron chi connectivity index (χ2n) is 5.03. The van der Waals surface area contributed by atoms with E-state index < -0.39 is 35.8 Å². The summed E-state index contributed by atoms with van der Waals surface area (Å²) >= 11 is 0. The van der Waals surface area contributed by atoms with Crippen molar-refractivity contribution < 1.29 is 38.3 Å². The average Bonchev–Trinajstić information content (AvgIpc) is 2.75. The van der Waals surface area contributed by atoms with Crippen molar-refractivity contribution in [3.63, 3.8) is 0 Å². The lowest BCUT2D eigenvalue weighted by Crippen LogP contribution is -2.34. The van der Waals surface area contributed by atoms with Gasteiger partial charge in [-0.2, -0.15) is 0 Å². The summed E-state index contributed by atoms with van der Waals surface area (Å²) in [6.45, 7) is 4.39. The number of hydroxylamine groups is 2. The lowest BCUT2D eigenvalue weighted by atomic mass is 10.2. The lowest BCUT2D eigenvalue weighted by molar-refractivity contribution is -0.180. The smallest absolute Gasteiger partial charge is 0.465 e. The Kier molecular flexibility index (Phi) is 6.02. The summed E-state index contributed by atoms with van der Waals surface area (Å²) in [7, 11) is 0. The third kappa shape index (κ3) is 4.83. The van der Waals surface area contributed by atoms with E-state index in [1.165, 1.54) is 6.92 Å². The fourth-order valence-corrected chi connectivity index (χ4v) is 1.38. The van der Waals surface area contributed by atoms with E-state index in [1.807, 2.05) is 0 Å². The summed E-state index contributed by atoms with van der Waals surface area (Å²) < 4.78 is 9.15. The van der Waals surface area contributed by atoms with E-state index in [0.717, 1.165) is 0 Å². The molecule has 1 rings (SSSR count). The summed E-state index contributed by atoms with van der Waals surface area (Å²) in [6.07, 6.45) is -1.63. The highest BCUT2D eigenvalue weighted by Crippen LogP contribution is 2.13. The van der Waals surface area contributed by atoms with Crippen LogP contribution in [0.25, 0.3) is 0 Å². The summed E-state index contributed by atoms with van der Waals surface area (Å²) in [4.78, 5) is 60.9. The fraction of sp³-hybridized carbons (Fsp3) is 0.615. The van der Waals surface area contributed by atoms with E-state index in [2.05, 4.69) is 9.57 Å². The second kappa shape index (κ2) is 7.53. The Bertz CT molecular complexity index is 482. The van der Waals surface area contributed by atoms with Crippen molar-refractivity contribution in [1.82, 2.24) is 5.06 Å². The number of rotatable bonds is 5. The minimum Gasteiger partial charge on any atom is -0.465 e. The number of imide groups is 1. The van der Waals surface area contributed by atoms with Crippen molar-refractivity contribution in [3.8, 4) is 0 Å². The molecule has 1 unspecified atom stereocenters. The summed E-state index contributed by atoms with van der Waals surface area (Å²) in [6, 6.07) is 0. The van der Waals surface area contributed by atoms with Crippen LogP contribution in [0, 0.1) is 11.8 Å². The molecule has 0 saturated carbocycles. The number of hydrogen-bond donors (Lipinski definition) is 0. The number of carbonyl (C=O) groups is 5. The van der Waals surface area contributed by atoms with Crippen LogP contribution in [0.1, 0.15) is 33.6 Å². The minimum absolute atomic E-state index is 0.0678. The first-order valence-corrected chi connectivity index (χ1v) is 6.68. The van der Waals surface area contributed by atoms with Crippen molar-refractivity contribution in [1.29, 1.82) is 0 Å². The van der Waals surface area contributed by atoms with Crippen molar-refractivity contribution in [2.75, 3.05) is 6.61 Å². The van der Waals surface area contributed by atoms with E-state index in [9.17, 15) is 24.0 Å². The van der Waals surface area contributed by atoms with Crippen LogP contribution in [0.5, 0.6) is 0 Å². The number of hydrogen-bond acceptors (Lipinski definition) is 8. The molecule has 0 N–H and O–H groups in total. The zero-order chi connectivity index (χ0) is 16.9. The highest BCUT2D eigenvalue weighted by atomic mass is 16.8. The van der Waals surface area contributed by atoms with Crippen molar-refractivity contribution in [2.24, 2.45) is 11.8 Å². The molecular weight excluding hydrogens is 298 g/mol. The Morgan fingerprint density at radius 2 is 1.59 bits per heavy atom. The van der Waals surface area contributed by atoms with Crippen LogP contribution in [-0.2, 0) is 33.5 Å². The Morgan fingerprint density at radius 1 is 1.05 bits per heavy atom. The van der Waals surface area contributed by atoms with Gasteiger partial charge in [0, 0.05) is 12.8 Å². The Hall–Kier alpha value is -2.45. The van der Waals surface area contributed by atoms with Gasteiger partial charge in [0.2, 0.25) is 0 Å². The maximum atomic E-state index is 11.6. The maximum Gasteiger partial charge on any atom is 0.541 e. The molecule has 0 bridgehead atoms. The van der Waals surface area contributed by atoms with Crippen LogP contribution in [0.4, 0.5) is 4.79 Å². The van der Waals surface area contributed by atoms with Gasteiger partial charge in [-0.15, -0.1) is 0 Å². The van der Waals surface area contributed by atoms with E-state index in [1.54, 1.807) is 13.8 Å². The van der Waals surface area contributed by atoms with E-state index in [4.69, 9.17) is 4.74 Å². The topological polar surface area (TPSA) is 116 Å². The highest BCUT2D eigenvalue weighted by molar-refractivity contribution is 6.01. The minimum atomic E-state index is -1.49. The number of nitrogens with zero attached hydrogens (tertiary/aromatic N) is 1. The van der Waals surface area contributed by atoms with Crippen LogP contribution in [0.2, 0.25) is 0 Å². The molecule has 2 amide bonds. The third-order valence-electron chi connectivity index (χ3n) is 2.70. The molecule has 0 radical (unpaired) electrons. The Morgan fingerprint density at radius 3 is 2.09 bits per heavy atom. The molecule has 1 aliphatic heterocycles. The molecule has 1 aliphatic rings. The molecule has 1 saturated heterocycles. The zero-order valence-electron chi connectivity index (χ0n) is 12.5. The Labute approximate surface area is 126 Å². The molecule has 1 atom stereocenters. The molecule has 9 nitrogen and oxygen atoms in total. The van der Waals surface area contributed by atoms with Crippen LogP contribution < -0.4 is 0 Å². The number of esters is 2. The van der Waals surface area contributed by atoms with Crippen LogP contribution in [0.15, 0.2) is 0 Å². The number of amides is 2. The van der Waals surface area contributed by atoms with Gasteiger partial charge in [-0.05, 0) is 6.92 Å². The second-order valence-corrected chi connectivity index (χ2v) is 5.03. The molecule has 0 spiro atoms. The standard InChI is InChI=1S/C13H17NO8/c1-7(2)11(17)20-6-8(3)12(18)21-13(19)22-14-9(15)4-5-10(14)16/h7-8H,4-6H2,1-3H3. The van der Waals surface area contributed by atoms with Gasteiger partial charge in [0.15, 0.2) is 0 Å². The van der Waals surface area contributed by atoms with Gasteiger partial charge in [-0.1, -0.05) is 18.9 Å². The normalized spacial score (nSPS) is 15.7. The van der Waals surface area contributed by atoms with E-state index in [0.29, 0.717) is 0 Å². The fourth-order valence-electron chi connectivity index (χ4n) is 1.38. The SMILES string of the molecule is CC(C)C(=O)OCC(C)C(=O)OC(=O)ON1C(=O)CCC1=O. The molecule has 0 aromatic rings. The van der Waals surface area contributed by atoms with Gasteiger partial charge < -0.3 is 9.47 Å². The largest absolute Gasteiger partial charge is 0.541 e. The van der Waals surface area contributed by atoms with E-state index >= 15 is 0 Å². The highest BCUT2D eigenvalue weighted by Gasteiger charge is 2.34. The molecule has 1 heterocycles. The van der Waals surface area contributed by atoms with Gasteiger partial charge in [0.05, 0.1) is 11.8 Å². The lowest BCUT2D eigenvalue weighted by Gasteiger charge is -2.14. The number of ether oxygens (including phenoxy) is 2. The molecule has 0 aromatic heterocycles. The predicted octanol–water partition coefficient (Wildman–Crippen LogP) is 0.565. The first-order chi connectivity index (χ1) is 10.2. The average molecular weight is 315 g/mol. The molecule has 0 aliphatic carbocycles. The van der Waals surface area contributed by atoms with Crippen LogP contribution in [-0.4, -0.2) is 41.6 Å². The molecular formula is C13H17NO8. The van der Waals surface area contributed by atoms with Crippen molar-refractivity contribution in [3.05, 3.63) is 0 Å². The van der Waals surface area contributed by atoms with Gasteiger partial charge in [-0.25, -0.2) is 4.79 Å². The van der Waals surface area contributed by atoms with Crippen LogP contribution in [0.3, 0.4) is 0 Å². The summed E-state index contributed by atoms with van der Waals surface area (Å²) in [5.74, 6) is -4.11. The monoisotopic (exact) mass is 315 g/mol. The molecule has 22 heavy (non-hydrogen) atoms. The quantitative estimate of drug-likeness (QED) is 0.410. The third-order valence-corrected chi connectivity index (χ3v) is 2.70. The van der Waals surface area contributed by atoms with Gasteiger partial charge in [0.25, 0.3) is 11.8 Å². The van der Waals surface area contributed by atoms with Gasteiger partial charge >= 0.3 is 18.1 Å². The van der Waals surface area contributed by atoms with Gasteiger partial charge in [-0.3, -0.25) is 24.0 Å². The van der Waals surface area contributed by atoms with Crippen LogP contribution >= 0.6 is 0 Å². The molecule has 0 aromatic carbocycles. The summed E-state index contributed by atoms with van der Waals surface area (Å²) in [5.41, 5.74) is 0. The zero-order valence-corrected chi connectivity index (χ0v) is 12.5. The van der Waals surface area contributed by atoms with Crippen molar-refractivity contribution in [2.45, 2.75) is 33.6 Å². The first-order valence-electron chi connectivity index (χ1n) is 6.68. The molecule has 122 valence electrons. The van der Waals surface area contributed by atoms with Crippen molar-refractivity contribution >= 4 is 29.9 Å². The van der Waals surface area contributed by atoms with Gasteiger partial charge in [0.1, 0.15) is 6.61 Å². The summed E-state index contributed by atoms with van der Waals surface area (Å²) in [5, 5.41) is 0.263. The Balaban J connectivity index is 2.40. The molecule has 1 fully saturated rings. The first kappa shape index (κ1) is 17.6. The van der Waals surface area contributed by atoms with E-state index in [-0.39, 0.29) is 30.4 Å².